The molecule has 0 aromatic heterocycles. The standard InChI is InChI=1S/C5H8.C4H6S/c2*1-2-4-5-3-1/h1-2H,3-5H2;1,3H,2,4H2. The Bertz CT molecular complexity index is 96.7. The van der Waals surface area contributed by atoms with Gasteiger partial charge in [0.2, 0.25) is 0 Å². The summed E-state index contributed by atoms with van der Waals surface area (Å²) in [6.07, 6.45) is 12.0. The van der Waals surface area contributed by atoms with Crippen LogP contribution in [0.3, 0.4) is 0 Å². The molecule has 0 bridgehead atoms. The molecule has 0 saturated heterocycles. The minimum absolute atomic E-state index is 1.28. The predicted octanol–water partition coefficient (Wildman–Crippen LogP) is 3.36. The van der Waals surface area contributed by atoms with E-state index in [-0.39, 0.29) is 0 Å². The Kier molecular flexibility index (Phi) is 4.44. The van der Waals surface area contributed by atoms with Gasteiger partial charge in [0.15, 0.2) is 0 Å². The van der Waals surface area contributed by atoms with Crippen molar-refractivity contribution >= 4 is 11.8 Å². The van der Waals surface area contributed by atoms with E-state index >= 15 is 0 Å². The molecule has 2 rings (SSSR count). The van der Waals surface area contributed by atoms with Gasteiger partial charge in [0.1, 0.15) is 0 Å². The normalized spacial score (nSPS) is 20.8. The molecule has 0 spiro atoms. The summed E-state index contributed by atoms with van der Waals surface area (Å²) in [5.74, 6) is 1.31. The topological polar surface area (TPSA) is 0 Å². The van der Waals surface area contributed by atoms with E-state index in [9.17, 15) is 0 Å². The average Bonchev–Trinajstić information content (AvgIpc) is 2.67. The first-order valence-electron chi connectivity index (χ1n) is 3.92. The van der Waals surface area contributed by atoms with Gasteiger partial charge in [-0.3, -0.25) is 0 Å². The van der Waals surface area contributed by atoms with Gasteiger partial charge in [-0.1, -0.05) is 18.2 Å². The number of allylic oxidation sites excluding steroid dienone is 3. The maximum Gasteiger partial charge on any atom is 0.000884 e. The summed E-state index contributed by atoms with van der Waals surface area (Å²) >= 11 is 1.89. The van der Waals surface area contributed by atoms with Crippen molar-refractivity contribution in [3.8, 4) is 0 Å². The molecule has 1 aliphatic carbocycles. The van der Waals surface area contributed by atoms with Crippen molar-refractivity contribution in [2.45, 2.75) is 25.7 Å². The lowest BCUT2D eigenvalue weighted by atomic mass is 10.4. The molecular weight excluding hydrogens is 140 g/mol. The first-order chi connectivity index (χ1) is 5.00. The van der Waals surface area contributed by atoms with Crippen LogP contribution in [0.5, 0.6) is 0 Å². The van der Waals surface area contributed by atoms with E-state index in [2.05, 4.69) is 23.6 Å². The van der Waals surface area contributed by atoms with E-state index in [0.29, 0.717) is 0 Å². The molecule has 0 amide bonds. The second-order valence-electron chi connectivity index (χ2n) is 2.43. The molecule has 0 fully saturated rings. The maximum atomic E-state index is 2.24. The van der Waals surface area contributed by atoms with Crippen molar-refractivity contribution in [1.29, 1.82) is 0 Å². The van der Waals surface area contributed by atoms with Gasteiger partial charge in [-0.2, -0.15) is 0 Å². The summed E-state index contributed by atoms with van der Waals surface area (Å²) in [6, 6.07) is 0. The summed E-state index contributed by atoms with van der Waals surface area (Å²) in [4.78, 5) is 0. The molecule has 2 aliphatic rings. The van der Waals surface area contributed by atoms with Crippen LogP contribution in [0.1, 0.15) is 25.7 Å². The fourth-order valence-electron chi connectivity index (χ4n) is 0.929. The van der Waals surface area contributed by atoms with Crippen molar-refractivity contribution in [2.75, 3.05) is 5.75 Å². The van der Waals surface area contributed by atoms with Gasteiger partial charge < -0.3 is 0 Å². The molecule has 0 N–H and O–H groups in total. The monoisotopic (exact) mass is 154 g/mol. The Labute approximate surface area is 67.4 Å². The van der Waals surface area contributed by atoms with E-state index in [1.54, 1.807) is 0 Å². The van der Waals surface area contributed by atoms with Gasteiger partial charge in [0.05, 0.1) is 0 Å². The van der Waals surface area contributed by atoms with Crippen LogP contribution in [0.2, 0.25) is 0 Å². The number of rotatable bonds is 0. The first-order valence-corrected chi connectivity index (χ1v) is 4.96. The predicted molar refractivity (Wildman–Crippen MR) is 49.2 cm³/mol. The summed E-state index contributed by atoms with van der Waals surface area (Å²) in [5.41, 5.74) is 0. The minimum Gasteiger partial charge on any atom is -0.134 e. The summed E-state index contributed by atoms with van der Waals surface area (Å²) < 4.78 is 0. The summed E-state index contributed by atoms with van der Waals surface area (Å²) in [5, 5.41) is 2.15. The zero-order valence-electron chi connectivity index (χ0n) is 6.25. The van der Waals surface area contributed by atoms with Crippen LogP contribution in [-0.4, -0.2) is 5.75 Å². The van der Waals surface area contributed by atoms with Crippen LogP contribution in [0.15, 0.2) is 23.6 Å². The highest BCUT2D eigenvalue weighted by molar-refractivity contribution is 8.02. The Hall–Kier alpha value is -0.170. The van der Waals surface area contributed by atoms with Crippen LogP contribution < -0.4 is 0 Å². The van der Waals surface area contributed by atoms with Gasteiger partial charge in [0.25, 0.3) is 0 Å². The largest absolute Gasteiger partial charge is 0.134 e. The molecule has 10 heavy (non-hydrogen) atoms. The van der Waals surface area contributed by atoms with E-state index in [0.717, 1.165) is 0 Å². The van der Waals surface area contributed by atoms with Crippen molar-refractivity contribution in [1.82, 2.24) is 0 Å². The molecular formula is C9H14S. The summed E-state index contributed by atoms with van der Waals surface area (Å²) in [7, 11) is 0. The first kappa shape index (κ1) is 7.93. The average molecular weight is 154 g/mol. The Morgan fingerprint density at radius 1 is 0.900 bits per heavy atom. The Balaban J connectivity index is 0.0000001000. The van der Waals surface area contributed by atoms with Crippen molar-refractivity contribution in [3.63, 3.8) is 0 Å². The van der Waals surface area contributed by atoms with Crippen molar-refractivity contribution in [2.24, 2.45) is 0 Å². The number of thioether (sulfide) groups is 1. The van der Waals surface area contributed by atoms with Crippen molar-refractivity contribution < 1.29 is 0 Å². The van der Waals surface area contributed by atoms with Gasteiger partial charge in [-0.25, -0.2) is 0 Å². The number of hydrogen-bond donors (Lipinski definition) is 0. The Morgan fingerprint density at radius 3 is 1.90 bits per heavy atom. The third kappa shape index (κ3) is 3.78. The fraction of sp³-hybridized carbons (Fsp3) is 0.556. The Morgan fingerprint density at radius 2 is 1.70 bits per heavy atom. The molecule has 1 heteroatoms. The molecule has 0 atom stereocenters. The van der Waals surface area contributed by atoms with Crippen LogP contribution in [0.4, 0.5) is 0 Å². The highest BCUT2D eigenvalue weighted by atomic mass is 32.2. The van der Waals surface area contributed by atoms with E-state index in [4.69, 9.17) is 0 Å². The third-order valence-corrected chi connectivity index (χ3v) is 2.36. The highest BCUT2D eigenvalue weighted by Gasteiger charge is 1.85. The van der Waals surface area contributed by atoms with E-state index in [1.807, 2.05) is 11.8 Å². The SMILES string of the molecule is C1=CCCC1.C1=CSCC1. The quantitative estimate of drug-likeness (QED) is 0.482. The lowest BCUT2D eigenvalue weighted by Gasteiger charge is -1.69. The lowest BCUT2D eigenvalue weighted by Crippen LogP contribution is -1.56. The zero-order chi connectivity index (χ0) is 7.07. The smallest absolute Gasteiger partial charge is 0.000884 e. The third-order valence-electron chi connectivity index (χ3n) is 1.50. The van der Waals surface area contributed by atoms with Gasteiger partial charge >= 0.3 is 0 Å². The van der Waals surface area contributed by atoms with E-state index < -0.39 is 0 Å². The molecule has 0 radical (unpaired) electrons. The molecule has 0 aromatic rings. The minimum atomic E-state index is 1.28. The zero-order valence-corrected chi connectivity index (χ0v) is 7.07. The molecule has 56 valence electrons. The molecule has 1 aliphatic heterocycles. The second kappa shape index (κ2) is 5.60. The van der Waals surface area contributed by atoms with Crippen molar-refractivity contribution in [3.05, 3.63) is 23.6 Å². The van der Waals surface area contributed by atoms with Crippen LogP contribution >= 0.6 is 11.8 Å². The molecule has 0 nitrogen and oxygen atoms in total. The molecule has 0 unspecified atom stereocenters. The molecule has 0 aromatic carbocycles. The highest BCUT2D eigenvalue weighted by Crippen LogP contribution is 2.11. The van der Waals surface area contributed by atoms with Gasteiger partial charge in [-0.15, -0.1) is 11.8 Å². The van der Waals surface area contributed by atoms with Gasteiger partial charge in [0, 0.05) is 5.75 Å². The van der Waals surface area contributed by atoms with Gasteiger partial charge in [-0.05, 0) is 31.1 Å². The van der Waals surface area contributed by atoms with E-state index in [1.165, 1.54) is 31.4 Å². The number of hydrogen-bond acceptors (Lipinski definition) is 1. The summed E-state index contributed by atoms with van der Waals surface area (Å²) in [6.45, 7) is 0. The second-order valence-corrected chi connectivity index (χ2v) is 3.45. The fourth-order valence-corrected chi connectivity index (χ4v) is 1.61. The molecule has 0 saturated carbocycles. The maximum absolute atomic E-state index is 2.24. The van der Waals surface area contributed by atoms with Crippen LogP contribution in [0.25, 0.3) is 0 Å². The van der Waals surface area contributed by atoms with Crippen LogP contribution in [-0.2, 0) is 0 Å². The molecule has 1 heterocycles. The lowest BCUT2D eigenvalue weighted by molar-refractivity contribution is 0.929. The van der Waals surface area contributed by atoms with Crippen LogP contribution in [0, 0.1) is 0 Å².